The van der Waals surface area contributed by atoms with Crippen molar-refractivity contribution >= 4 is 38.6 Å². The third-order valence-electron chi connectivity index (χ3n) is 6.26. The Kier molecular flexibility index (Phi) is 4.36. The van der Waals surface area contributed by atoms with E-state index in [0.29, 0.717) is 24.8 Å². The first-order valence-electron chi connectivity index (χ1n) is 10.4. The molecule has 2 fully saturated rings. The lowest BCUT2D eigenvalue weighted by molar-refractivity contribution is 0.0547. The third kappa shape index (κ3) is 3.41. The molecule has 2 aromatic carbocycles. The van der Waals surface area contributed by atoms with Gasteiger partial charge in [0.25, 0.3) is 5.19 Å². The van der Waals surface area contributed by atoms with Crippen LogP contribution in [0.4, 0.5) is 4.79 Å². The number of fused-ring (bicyclic) bond motifs is 4. The Bertz CT molecular complexity index is 1240. The molecule has 7 nitrogen and oxygen atoms in total. The minimum Gasteiger partial charge on any atom is -0.465 e. The second-order valence-electron chi connectivity index (χ2n) is 8.21. The summed E-state index contributed by atoms with van der Waals surface area (Å²) in [7, 11) is 0. The topological polar surface area (TPSA) is 79.0 Å². The summed E-state index contributed by atoms with van der Waals surface area (Å²) >= 11 is 1.53. The van der Waals surface area contributed by atoms with Crippen molar-refractivity contribution < 1.29 is 19.1 Å². The molecule has 158 valence electrons. The summed E-state index contributed by atoms with van der Waals surface area (Å²) in [4.78, 5) is 19.8. The van der Waals surface area contributed by atoms with Crippen molar-refractivity contribution in [2.75, 3.05) is 13.1 Å². The molecule has 1 N–H and O–H groups in total. The minimum absolute atomic E-state index is 0.265. The van der Waals surface area contributed by atoms with E-state index in [9.17, 15) is 9.90 Å². The number of rotatable bonds is 4. The second-order valence-corrected chi connectivity index (χ2v) is 9.20. The average Bonchev–Trinajstić information content (AvgIpc) is 3.40. The van der Waals surface area contributed by atoms with Gasteiger partial charge in [0.1, 0.15) is 17.1 Å². The van der Waals surface area contributed by atoms with E-state index < -0.39 is 6.09 Å². The van der Waals surface area contributed by atoms with Crippen molar-refractivity contribution in [3.8, 4) is 10.9 Å². The summed E-state index contributed by atoms with van der Waals surface area (Å²) < 4.78 is 13.2. The smallest absolute Gasteiger partial charge is 0.407 e. The summed E-state index contributed by atoms with van der Waals surface area (Å²) in [6, 6.07) is 16.4. The zero-order valence-electron chi connectivity index (χ0n) is 16.7. The van der Waals surface area contributed by atoms with E-state index in [1.807, 2.05) is 42.5 Å². The van der Waals surface area contributed by atoms with Crippen molar-refractivity contribution in [2.24, 2.45) is 0 Å². The summed E-state index contributed by atoms with van der Waals surface area (Å²) in [6.07, 6.45) is 1.25. The normalized spacial score (nSPS) is 21.2. The zero-order chi connectivity index (χ0) is 20.9. The first-order chi connectivity index (χ1) is 15.1. The van der Waals surface area contributed by atoms with Gasteiger partial charge in [-0.2, -0.15) is 0 Å². The fourth-order valence-electron chi connectivity index (χ4n) is 4.80. The van der Waals surface area contributed by atoms with Gasteiger partial charge in [-0.25, -0.2) is 9.78 Å². The largest absolute Gasteiger partial charge is 0.465 e. The molecule has 31 heavy (non-hydrogen) atoms. The van der Waals surface area contributed by atoms with Crippen LogP contribution in [0.25, 0.3) is 21.2 Å². The van der Waals surface area contributed by atoms with Gasteiger partial charge in [-0.05, 0) is 49.2 Å². The van der Waals surface area contributed by atoms with Gasteiger partial charge in [-0.15, -0.1) is 0 Å². The Morgan fingerprint density at radius 3 is 2.74 bits per heavy atom. The van der Waals surface area contributed by atoms with Gasteiger partial charge < -0.3 is 19.2 Å². The highest BCUT2D eigenvalue weighted by Gasteiger charge is 2.41. The molecule has 2 aliphatic rings. The standard InChI is InChI=1S/C23H21N3O4S/c27-23(28)25-11-15-5-6-16(12-25)26(15)13-18-10-14-9-17(7-8-20(14)29-18)30-22-24-19-3-1-2-4-21(19)31-22/h1-4,7-10,15-16H,5-6,11-13H2,(H,27,28)/t15-,16+. The molecule has 4 heterocycles. The molecule has 0 aliphatic carbocycles. The first-order valence-corrected chi connectivity index (χ1v) is 11.2. The van der Waals surface area contributed by atoms with E-state index >= 15 is 0 Å². The Hall–Kier alpha value is -3.10. The molecule has 2 aromatic heterocycles. The van der Waals surface area contributed by atoms with Crippen molar-refractivity contribution in [3.63, 3.8) is 0 Å². The summed E-state index contributed by atoms with van der Waals surface area (Å²) in [6.45, 7) is 1.85. The molecule has 0 spiro atoms. The third-order valence-corrected chi connectivity index (χ3v) is 7.17. The van der Waals surface area contributed by atoms with E-state index in [4.69, 9.17) is 9.15 Å². The molecule has 4 aromatic rings. The van der Waals surface area contributed by atoms with Crippen molar-refractivity contribution in [1.82, 2.24) is 14.8 Å². The molecule has 0 radical (unpaired) electrons. The van der Waals surface area contributed by atoms with Gasteiger partial charge in [0.05, 0.1) is 16.8 Å². The Morgan fingerprint density at radius 2 is 1.97 bits per heavy atom. The second kappa shape index (κ2) is 7.25. The first kappa shape index (κ1) is 18.7. The molecule has 2 aliphatic heterocycles. The van der Waals surface area contributed by atoms with Crippen LogP contribution in [-0.2, 0) is 6.54 Å². The molecular formula is C23H21N3O4S. The Labute approximate surface area is 182 Å². The Balaban J connectivity index is 1.20. The highest BCUT2D eigenvalue weighted by atomic mass is 32.1. The van der Waals surface area contributed by atoms with Crippen molar-refractivity contribution in [1.29, 1.82) is 0 Å². The lowest BCUT2D eigenvalue weighted by Crippen LogP contribution is -2.54. The summed E-state index contributed by atoms with van der Waals surface area (Å²) in [5, 5.41) is 10.9. The summed E-state index contributed by atoms with van der Waals surface area (Å²) in [5.74, 6) is 1.63. The number of furan rings is 1. The van der Waals surface area contributed by atoms with E-state index in [2.05, 4.69) is 16.0 Å². The van der Waals surface area contributed by atoms with Crippen LogP contribution in [-0.4, -0.2) is 51.2 Å². The number of ether oxygens (including phenoxy) is 1. The molecular weight excluding hydrogens is 414 g/mol. The van der Waals surface area contributed by atoms with E-state index in [1.54, 1.807) is 4.90 Å². The number of hydrogen-bond donors (Lipinski definition) is 1. The van der Waals surface area contributed by atoms with Gasteiger partial charge in [0.2, 0.25) is 0 Å². The number of hydrogen-bond acceptors (Lipinski definition) is 6. The number of benzene rings is 2. The molecule has 0 saturated carbocycles. The number of carboxylic acid groups (broad SMARTS) is 1. The van der Waals surface area contributed by atoms with Gasteiger partial charge in [-0.1, -0.05) is 23.5 Å². The maximum Gasteiger partial charge on any atom is 0.407 e. The number of thiazole rings is 1. The monoisotopic (exact) mass is 435 g/mol. The van der Waals surface area contributed by atoms with Crippen LogP contribution in [0.5, 0.6) is 10.9 Å². The highest BCUT2D eigenvalue weighted by Crippen LogP contribution is 2.35. The van der Waals surface area contributed by atoms with Crippen LogP contribution in [0.2, 0.25) is 0 Å². The highest BCUT2D eigenvalue weighted by molar-refractivity contribution is 7.20. The van der Waals surface area contributed by atoms with Gasteiger partial charge >= 0.3 is 6.09 Å². The van der Waals surface area contributed by atoms with Crippen molar-refractivity contribution in [3.05, 3.63) is 54.3 Å². The minimum atomic E-state index is -0.819. The Morgan fingerprint density at radius 1 is 1.16 bits per heavy atom. The predicted octanol–water partition coefficient (Wildman–Crippen LogP) is 5.16. The van der Waals surface area contributed by atoms with E-state index in [1.165, 1.54) is 11.3 Å². The van der Waals surface area contributed by atoms with Crippen LogP contribution in [0, 0.1) is 0 Å². The average molecular weight is 436 g/mol. The molecule has 2 saturated heterocycles. The van der Waals surface area contributed by atoms with Crippen LogP contribution >= 0.6 is 11.3 Å². The molecule has 6 rings (SSSR count). The molecule has 8 heteroatoms. The lowest BCUT2D eigenvalue weighted by Gasteiger charge is -2.39. The van der Waals surface area contributed by atoms with Crippen LogP contribution in [0.1, 0.15) is 18.6 Å². The lowest BCUT2D eigenvalue weighted by atomic mass is 10.2. The zero-order valence-corrected chi connectivity index (χ0v) is 17.5. The maximum atomic E-state index is 11.3. The number of likely N-dealkylation sites (tertiary alicyclic amines) is 1. The molecule has 1 amide bonds. The van der Waals surface area contributed by atoms with Gasteiger partial charge in [0.15, 0.2) is 0 Å². The number of aromatic nitrogens is 1. The molecule has 0 unspecified atom stereocenters. The van der Waals surface area contributed by atoms with E-state index in [0.717, 1.165) is 45.5 Å². The number of carbonyl (C=O) groups is 1. The van der Waals surface area contributed by atoms with Gasteiger partial charge in [-0.3, -0.25) is 4.90 Å². The number of piperazine rings is 1. The number of nitrogens with zero attached hydrogens (tertiary/aromatic N) is 3. The number of para-hydroxylation sites is 1. The fourth-order valence-corrected chi connectivity index (χ4v) is 5.63. The van der Waals surface area contributed by atoms with Crippen molar-refractivity contribution in [2.45, 2.75) is 31.5 Å². The van der Waals surface area contributed by atoms with Crippen LogP contribution < -0.4 is 4.74 Å². The SMILES string of the molecule is O=C(O)N1C[C@H]2CC[C@@H](C1)N2Cc1cc2cc(Oc3nc4ccccc4s3)ccc2o1. The van der Waals surface area contributed by atoms with Crippen LogP contribution in [0.15, 0.2) is 52.9 Å². The molecule has 2 bridgehead atoms. The molecule has 2 atom stereocenters. The fraction of sp³-hybridized carbons (Fsp3) is 0.304. The number of amides is 1. The van der Waals surface area contributed by atoms with Crippen LogP contribution in [0.3, 0.4) is 0 Å². The quantitative estimate of drug-likeness (QED) is 0.477. The maximum absolute atomic E-state index is 11.3. The van der Waals surface area contributed by atoms with E-state index in [-0.39, 0.29) is 12.1 Å². The summed E-state index contributed by atoms with van der Waals surface area (Å²) in [5.41, 5.74) is 1.76. The van der Waals surface area contributed by atoms with Gasteiger partial charge in [0, 0.05) is 30.6 Å². The predicted molar refractivity (Wildman–Crippen MR) is 118 cm³/mol.